The van der Waals surface area contributed by atoms with Crippen molar-refractivity contribution in [1.82, 2.24) is 14.5 Å². The molecule has 0 spiro atoms. The topological polar surface area (TPSA) is 67.8 Å². The quantitative estimate of drug-likeness (QED) is 0.553. The van der Waals surface area contributed by atoms with Gasteiger partial charge in [0, 0.05) is 11.6 Å². The molecule has 1 aromatic rings. The first-order valence-electron chi connectivity index (χ1n) is 4.75. The van der Waals surface area contributed by atoms with Crippen LogP contribution in [0.5, 0.6) is 0 Å². The summed E-state index contributed by atoms with van der Waals surface area (Å²) in [7, 11) is 0. The Morgan fingerprint density at radius 2 is 1.94 bits per heavy atom. The lowest BCUT2D eigenvalue weighted by molar-refractivity contribution is 1.06. The lowest BCUT2D eigenvalue weighted by Gasteiger charge is -1.98. The Labute approximate surface area is 89.3 Å². The number of para-hydroxylation sites is 1. The molecule has 5 heteroatoms. The average molecular weight is 213 g/mol. The molecule has 0 fully saturated rings. The number of rotatable bonds is 0. The Morgan fingerprint density at radius 3 is 2.81 bits per heavy atom. The largest absolute Gasteiger partial charge is 0.322 e. The fourth-order valence-electron chi connectivity index (χ4n) is 1.75. The van der Waals surface area contributed by atoms with Crippen LogP contribution in [0.1, 0.15) is 0 Å². The second-order valence-electron chi connectivity index (χ2n) is 3.45. The molecule has 16 heavy (non-hydrogen) atoms. The third-order valence-electron chi connectivity index (χ3n) is 2.47. The fraction of sp³-hybridized carbons (Fsp3) is 0. The molecule has 5 nitrogen and oxygen atoms in total. The van der Waals surface area contributed by atoms with Crippen LogP contribution >= 0.6 is 0 Å². The summed E-state index contributed by atoms with van der Waals surface area (Å²) in [6.45, 7) is 0. The summed E-state index contributed by atoms with van der Waals surface area (Å²) in [6, 6.07) is 7.28. The van der Waals surface area contributed by atoms with E-state index >= 15 is 0 Å². The SMILES string of the molecule is O=c1[nH]c2cncc3ccccc3n-2c1=O. The lowest BCUT2D eigenvalue weighted by atomic mass is 10.2. The minimum absolute atomic E-state index is 0.399. The molecule has 2 aliphatic heterocycles. The molecule has 0 aliphatic carbocycles. The molecule has 0 bridgehead atoms. The van der Waals surface area contributed by atoms with Crippen molar-refractivity contribution in [3.63, 3.8) is 0 Å². The Morgan fingerprint density at radius 1 is 1.12 bits per heavy atom. The summed E-state index contributed by atoms with van der Waals surface area (Å²) < 4.78 is 1.34. The lowest BCUT2D eigenvalue weighted by Crippen LogP contribution is -2.25. The zero-order chi connectivity index (χ0) is 11.1. The third kappa shape index (κ3) is 1.08. The number of aromatic nitrogens is 3. The second-order valence-corrected chi connectivity index (χ2v) is 3.45. The summed E-state index contributed by atoms with van der Waals surface area (Å²) in [5, 5.41) is 0.804. The van der Waals surface area contributed by atoms with Crippen LogP contribution in [0.4, 0.5) is 0 Å². The molecule has 2 heterocycles. The van der Waals surface area contributed by atoms with Gasteiger partial charge in [0.25, 0.3) is 0 Å². The van der Waals surface area contributed by atoms with Crippen LogP contribution in [0.15, 0.2) is 46.2 Å². The number of hydrogen-bond donors (Lipinski definition) is 1. The van der Waals surface area contributed by atoms with Gasteiger partial charge in [-0.2, -0.15) is 0 Å². The van der Waals surface area contributed by atoms with Crippen molar-refractivity contribution >= 4 is 10.9 Å². The predicted molar refractivity (Wildman–Crippen MR) is 59.1 cm³/mol. The second kappa shape index (κ2) is 3.03. The van der Waals surface area contributed by atoms with Gasteiger partial charge in [0.15, 0.2) is 0 Å². The third-order valence-corrected chi connectivity index (χ3v) is 2.47. The molecule has 0 saturated carbocycles. The maximum absolute atomic E-state index is 11.7. The van der Waals surface area contributed by atoms with E-state index in [1.54, 1.807) is 12.3 Å². The van der Waals surface area contributed by atoms with E-state index < -0.39 is 11.1 Å². The molecular weight excluding hydrogens is 206 g/mol. The molecule has 1 N–H and O–H groups in total. The van der Waals surface area contributed by atoms with E-state index in [-0.39, 0.29) is 0 Å². The molecule has 0 aromatic heterocycles. The van der Waals surface area contributed by atoms with Crippen LogP contribution in [0.3, 0.4) is 0 Å². The summed E-state index contributed by atoms with van der Waals surface area (Å²) in [6.07, 6.45) is 3.11. The Balaban J connectivity index is 2.68. The smallest absolute Gasteiger partial charge is 0.302 e. The molecule has 0 saturated heterocycles. The highest BCUT2D eigenvalue weighted by Gasteiger charge is 2.11. The number of fused-ring (bicyclic) bond motifs is 3. The number of imidazole rings is 1. The van der Waals surface area contributed by atoms with Gasteiger partial charge in [-0.15, -0.1) is 0 Å². The van der Waals surface area contributed by atoms with Gasteiger partial charge < -0.3 is 4.98 Å². The molecular formula is C11H7N3O2. The Kier molecular flexibility index (Phi) is 1.67. The van der Waals surface area contributed by atoms with Gasteiger partial charge >= 0.3 is 11.1 Å². The highest BCUT2D eigenvalue weighted by molar-refractivity contribution is 5.79. The maximum atomic E-state index is 11.7. The molecule has 2 aliphatic rings. The van der Waals surface area contributed by atoms with Crippen LogP contribution in [-0.2, 0) is 0 Å². The van der Waals surface area contributed by atoms with E-state index in [1.807, 2.05) is 18.2 Å². The highest BCUT2D eigenvalue weighted by atomic mass is 16.2. The van der Waals surface area contributed by atoms with Crippen molar-refractivity contribution in [3.8, 4) is 5.82 Å². The van der Waals surface area contributed by atoms with Gasteiger partial charge in [0.1, 0.15) is 5.82 Å². The maximum Gasteiger partial charge on any atom is 0.322 e. The molecule has 78 valence electrons. The van der Waals surface area contributed by atoms with Gasteiger partial charge in [-0.25, -0.2) is 0 Å². The van der Waals surface area contributed by atoms with Gasteiger partial charge in [-0.05, 0) is 6.07 Å². The van der Waals surface area contributed by atoms with Crippen LogP contribution < -0.4 is 11.1 Å². The van der Waals surface area contributed by atoms with Crippen LogP contribution in [-0.4, -0.2) is 14.5 Å². The van der Waals surface area contributed by atoms with Gasteiger partial charge in [0.05, 0.1) is 11.7 Å². The van der Waals surface area contributed by atoms with E-state index in [2.05, 4.69) is 9.97 Å². The zero-order valence-electron chi connectivity index (χ0n) is 8.18. The monoisotopic (exact) mass is 213 g/mol. The molecule has 3 rings (SSSR count). The fourth-order valence-corrected chi connectivity index (χ4v) is 1.75. The van der Waals surface area contributed by atoms with Crippen LogP contribution in [0.2, 0.25) is 0 Å². The van der Waals surface area contributed by atoms with Crippen molar-refractivity contribution in [1.29, 1.82) is 0 Å². The van der Waals surface area contributed by atoms with Gasteiger partial charge in [-0.3, -0.25) is 19.1 Å². The van der Waals surface area contributed by atoms with Crippen LogP contribution in [0, 0.1) is 0 Å². The normalized spacial score (nSPS) is 11.0. The number of H-pyrrole nitrogens is 1. The van der Waals surface area contributed by atoms with Crippen molar-refractivity contribution in [2.24, 2.45) is 0 Å². The van der Waals surface area contributed by atoms with Crippen molar-refractivity contribution in [2.45, 2.75) is 0 Å². The highest BCUT2D eigenvalue weighted by Crippen LogP contribution is 2.13. The Bertz CT molecular complexity index is 757. The van der Waals surface area contributed by atoms with Crippen molar-refractivity contribution < 1.29 is 0 Å². The minimum Gasteiger partial charge on any atom is -0.302 e. The van der Waals surface area contributed by atoms with E-state index in [0.29, 0.717) is 11.3 Å². The summed E-state index contributed by atoms with van der Waals surface area (Å²) in [5.74, 6) is 0.399. The van der Waals surface area contributed by atoms with E-state index in [0.717, 1.165) is 5.39 Å². The molecule has 1 aromatic carbocycles. The van der Waals surface area contributed by atoms with E-state index in [1.165, 1.54) is 10.8 Å². The van der Waals surface area contributed by atoms with Gasteiger partial charge in [-0.1, -0.05) is 18.2 Å². The summed E-state index contributed by atoms with van der Waals surface area (Å²) in [5.41, 5.74) is -0.541. The number of nitrogens with one attached hydrogen (secondary N) is 1. The molecule has 0 unspecified atom stereocenters. The average Bonchev–Trinajstić information content (AvgIpc) is 2.49. The summed E-state index contributed by atoms with van der Waals surface area (Å²) in [4.78, 5) is 29.4. The first kappa shape index (κ1) is 8.84. The standard InChI is InChI=1S/C11H7N3O2/c15-10-11(16)14-8-4-2-1-3-7(8)5-12-6-9(14)13-10/h1-6H,(H,13,15). The zero-order valence-corrected chi connectivity index (χ0v) is 8.18. The molecule has 0 amide bonds. The number of nitrogens with zero attached hydrogens (tertiary/aromatic N) is 2. The summed E-state index contributed by atoms with van der Waals surface area (Å²) >= 11 is 0. The number of benzene rings is 1. The predicted octanol–water partition coefficient (Wildman–Crippen LogP) is 0.512. The first-order valence-corrected chi connectivity index (χ1v) is 4.75. The van der Waals surface area contributed by atoms with E-state index in [9.17, 15) is 9.59 Å². The molecule has 0 radical (unpaired) electrons. The van der Waals surface area contributed by atoms with Crippen molar-refractivity contribution in [3.05, 3.63) is 57.4 Å². The van der Waals surface area contributed by atoms with Crippen molar-refractivity contribution in [2.75, 3.05) is 0 Å². The number of hydrogen-bond acceptors (Lipinski definition) is 3. The van der Waals surface area contributed by atoms with Crippen LogP contribution in [0.25, 0.3) is 16.7 Å². The van der Waals surface area contributed by atoms with E-state index in [4.69, 9.17) is 0 Å². The Hall–Kier alpha value is -2.43. The minimum atomic E-state index is -0.627. The first-order chi connectivity index (χ1) is 7.77. The number of aromatic amines is 1. The van der Waals surface area contributed by atoms with Gasteiger partial charge in [0.2, 0.25) is 0 Å². The molecule has 0 atom stereocenters.